The van der Waals surface area contributed by atoms with Gasteiger partial charge >= 0.3 is 5.97 Å². The van der Waals surface area contributed by atoms with E-state index in [4.69, 9.17) is 21.4 Å². The summed E-state index contributed by atoms with van der Waals surface area (Å²) in [5, 5.41) is 10.6. The second-order valence-corrected chi connectivity index (χ2v) is 7.07. The van der Waals surface area contributed by atoms with Crippen LogP contribution in [0.3, 0.4) is 0 Å². The molecule has 1 aromatic rings. The minimum absolute atomic E-state index is 0.0372. The van der Waals surface area contributed by atoms with Crippen LogP contribution in [0.25, 0.3) is 0 Å². The number of hydrogen-bond acceptors (Lipinski definition) is 5. The van der Waals surface area contributed by atoms with Gasteiger partial charge in [0.05, 0.1) is 18.2 Å². The van der Waals surface area contributed by atoms with Crippen LogP contribution in [0.2, 0.25) is 5.02 Å². The van der Waals surface area contributed by atoms with Gasteiger partial charge in [-0.2, -0.15) is 4.31 Å². The third-order valence-electron chi connectivity index (χ3n) is 2.46. The van der Waals surface area contributed by atoms with Crippen molar-refractivity contribution in [2.45, 2.75) is 10.3 Å². The molecule has 1 saturated heterocycles. The van der Waals surface area contributed by atoms with Gasteiger partial charge in [-0.05, 0) is 11.4 Å². The van der Waals surface area contributed by atoms with Gasteiger partial charge in [0.2, 0.25) is 0 Å². The van der Waals surface area contributed by atoms with Gasteiger partial charge in [-0.1, -0.05) is 11.6 Å². The third kappa shape index (κ3) is 2.52. The molecule has 0 bridgehead atoms. The number of nitrogens with zero attached hydrogens (tertiary/aromatic N) is 1. The Morgan fingerprint density at radius 1 is 1.61 bits per heavy atom. The van der Waals surface area contributed by atoms with E-state index in [1.165, 1.54) is 6.07 Å². The fraction of sp³-hybridized carbons (Fsp3) is 0.444. The SMILES string of the molecule is O=C(O)C1CN(S(=O)(=O)c2sccc2Cl)CCO1. The maximum absolute atomic E-state index is 12.2. The number of ether oxygens (including phenoxy) is 1. The molecular formula is C9H10ClNO5S2. The number of carbonyl (C=O) groups is 1. The number of carboxylic acid groups (broad SMARTS) is 1. The maximum atomic E-state index is 12.2. The van der Waals surface area contributed by atoms with Crippen LogP contribution in [0.4, 0.5) is 0 Å². The number of halogens is 1. The molecule has 0 saturated carbocycles. The van der Waals surface area contributed by atoms with Crippen LogP contribution in [-0.2, 0) is 19.6 Å². The number of rotatable bonds is 3. The van der Waals surface area contributed by atoms with Crippen LogP contribution in [0.5, 0.6) is 0 Å². The molecule has 0 spiro atoms. The van der Waals surface area contributed by atoms with Gasteiger partial charge < -0.3 is 9.84 Å². The third-order valence-corrected chi connectivity index (χ3v) is 6.33. The monoisotopic (exact) mass is 311 g/mol. The van der Waals surface area contributed by atoms with Crippen LogP contribution in [-0.4, -0.2) is 49.6 Å². The molecule has 0 amide bonds. The van der Waals surface area contributed by atoms with Gasteiger partial charge in [-0.15, -0.1) is 11.3 Å². The summed E-state index contributed by atoms with van der Waals surface area (Å²) in [6.45, 7) is -0.0224. The molecule has 18 heavy (non-hydrogen) atoms. The summed E-state index contributed by atoms with van der Waals surface area (Å²) in [7, 11) is -3.74. The van der Waals surface area contributed by atoms with Crippen molar-refractivity contribution in [3.8, 4) is 0 Å². The van der Waals surface area contributed by atoms with Crippen LogP contribution >= 0.6 is 22.9 Å². The van der Waals surface area contributed by atoms with E-state index < -0.39 is 22.1 Å². The Bertz CT molecular complexity index is 555. The molecule has 100 valence electrons. The zero-order valence-electron chi connectivity index (χ0n) is 9.08. The first-order valence-corrected chi connectivity index (χ1v) is 7.70. The Balaban J connectivity index is 2.26. The standard InChI is InChI=1S/C9H10ClNO5S2/c10-6-1-4-17-9(6)18(14,15)11-2-3-16-7(5-11)8(12)13/h1,4,7H,2-3,5H2,(H,12,13). The van der Waals surface area contributed by atoms with E-state index in [1.807, 2.05) is 0 Å². The van der Waals surface area contributed by atoms with E-state index in [0.29, 0.717) is 0 Å². The van der Waals surface area contributed by atoms with Gasteiger partial charge in [0, 0.05) is 6.54 Å². The zero-order chi connectivity index (χ0) is 13.3. The number of aliphatic carboxylic acids is 1. The number of morpholine rings is 1. The Morgan fingerprint density at radius 2 is 2.33 bits per heavy atom. The van der Waals surface area contributed by atoms with Crippen LogP contribution in [0.15, 0.2) is 15.7 Å². The first-order chi connectivity index (χ1) is 8.43. The normalized spacial score (nSPS) is 21.9. The Morgan fingerprint density at radius 3 is 2.89 bits per heavy atom. The molecule has 6 nitrogen and oxygen atoms in total. The highest BCUT2D eigenvalue weighted by Crippen LogP contribution is 2.30. The molecule has 1 aliphatic rings. The van der Waals surface area contributed by atoms with Crippen molar-refractivity contribution < 1.29 is 23.1 Å². The molecule has 1 aliphatic heterocycles. The highest BCUT2D eigenvalue weighted by Gasteiger charge is 2.35. The molecule has 1 aromatic heterocycles. The molecule has 1 atom stereocenters. The van der Waals surface area contributed by atoms with Crippen molar-refractivity contribution in [1.29, 1.82) is 0 Å². The Labute approximate surface area is 113 Å². The van der Waals surface area contributed by atoms with E-state index in [1.54, 1.807) is 5.38 Å². The van der Waals surface area contributed by atoms with E-state index in [0.717, 1.165) is 15.6 Å². The lowest BCUT2D eigenvalue weighted by Crippen LogP contribution is -2.48. The maximum Gasteiger partial charge on any atom is 0.334 e. The van der Waals surface area contributed by atoms with Gasteiger partial charge in [-0.25, -0.2) is 13.2 Å². The Hall–Kier alpha value is -0.670. The van der Waals surface area contributed by atoms with Gasteiger partial charge in [0.25, 0.3) is 10.0 Å². The number of hydrogen-bond donors (Lipinski definition) is 1. The molecule has 9 heteroatoms. The summed E-state index contributed by atoms with van der Waals surface area (Å²) < 4.78 is 30.6. The number of sulfonamides is 1. The summed E-state index contributed by atoms with van der Waals surface area (Å²) in [6, 6.07) is 1.49. The Kier molecular flexibility index (Phi) is 3.93. The summed E-state index contributed by atoms with van der Waals surface area (Å²) in [6.07, 6.45) is -1.13. The lowest BCUT2D eigenvalue weighted by Gasteiger charge is -2.29. The van der Waals surface area contributed by atoms with E-state index in [2.05, 4.69) is 0 Å². The topological polar surface area (TPSA) is 83.9 Å². The smallest absolute Gasteiger partial charge is 0.334 e. The summed E-state index contributed by atoms with van der Waals surface area (Å²) in [5.74, 6) is -1.17. The van der Waals surface area contributed by atoms with E-state index in [-0.39, 0.29) is 28.9 Å². The van der Waals surface area contributed by atoms with Crippen LogP contribution in [0, 0.1) is 0 Å². The summed E-state index contributed by atoms with van der Waals surface area (Å²) in [5.41, 5.74) is 0. The second-order valence-electron chi connectivity index (χ2n) is 3.62. The molecule has 1 fully saturated rings. The van der Waals surface area contributed by atoms with E-state index >= 15 is 0 Å². The van der Waals surface area contributed by atoms with Crippen molar-refractivity contribution in [2.75, 3.05) is 19.7 Å². The van der Waals surface area contributed by atoms with Gasteiger partial charge in [0.15, 0.2) is 10.3 Å². The number of thiophene rings is 1. The van der Waals surface area contributed by atoms with E-state index in [9.17, 15) is 13.2 Å². The molecule has 2 heterocycles. The molecular weight excluding hydrogens is 302 g/mol. The average molecular weight is 312 g/mol. The molecule has 1 unspecified atom stereocenters. The molecule has 0 aromatic carbocycles. The average Bonchev–Trinajstić information content (AvgIpc) is 2.76. The zero-order valence-corrected chi connectivity index (χ0v) is 11.5. The summed E-state index contributed by atoms with van der Waals surface area (Å²) >= 11 is 6.81. The fourth-order valence-corrected chi connectivity index (χ4v) is 4.81. The predicted octanol–water partition coefficient (Wildman–Crippen LogP) is 0.876. The quantitative estimate of drug-likeness (QED) is 0.895. The van der Waals surface area contributed by atoms with Crippen molar-refractivity contribution in [3.05, 3.63) is 16.5 Å². The van der Waals surface area contributed by atoms with Crippen molar-refractivity contribution >= 4 is 38.9 Å². The van der Waals surface area contributed by atoms with Crippen LogP contribution in [0.1, 0.15) is 0 Å². The van der Waals surface area contributed by atoms with Gasteiger partial charge in [0.1, 0.15) is 0 Å². The first kappa shape index (κ1) is 13.8. The van der Waals surface area contributed by atoms with Crippen molar-refractivity contribution in [1.82, 2.24) is 4.31 Å². The largest absolute Gasteiger partial charge is 0.479 e. The second kappa shape index (κ2) is 5.14. The van der Waals surface area contributed by atoms with Crippen molar-refractivity contribution in [3.63, 3.8) is 0 Å². The summed E-state index contributed by atoms with van der Waals surface area (Å²) in [4.78, 5) is 10.8. The lowest BCUT2D eigenvalue weighted by atomic mass is 10.3. The van der Waals surface area contributed by atoms with Crippen molar-refractivity contribution in [2.24, 2.45) is 0 Å². The predicted molar refractivity (Wildman–Crippen MR) is 65.5 cm³/mol. The molecule has 0 radical (unpaired) electrons. The highest BCUT2D eigenvalue weighted by atomic mass is 35.5. The van der Waals surface area contributed by atoms with Gasteiger partial charge in [-0.3, -0.25) is 0 Å². The first-order valence-electron chi connectivity index (χ1n) is 5.00. The molecule has 2 rings (SSSR count). The highest BCUT2D eigenvalue weighted by molar-refractivity contribution is 7.91. The minimum Gasteiger partial charge on any atom is -0.479 e. The fourth-order valence-electron chi connectivity index (χ4n) is 1.57. The molecule has 0 aliphatic carbocycles. The lowest BCUT2D eigenvalue weighted by molar-refractivity contribution is -0.153. The molecule has 1 N–H and O–H groups in total. The van der Waals surface area contributed by atoms with Crippen LogP contribution < -0.4 is 0 Å². The minimum atomic E-state index is -3.74. The number of carboxylic acids is 1.